The van der Waals surface area contributed by atoms with Crippen molar-refractivity contribution in [2.75, 3.05) is 6.79 Å². The summed E-state index contributed by atoms with van der Waals surface area (Å²) in [5.74, 6) is 0.584. The lowest BCUT2D eigenvalue weighted by Crippen LogP contribution is -2.25. The summed E-state index contributed by atoms with van der Waals surface area (Å²) in [5, 5.41) is 0. The summed E-state index contributed by atoms with van der Waals surface area (Å²) in [6.07, 6.45) is 0. The maximum absolute atomic E-state index is 12.8. The second-order valence-corrected chi connectivity index (χ2v) is 9.05. The fourth-order valence-electron chi connectivity index (χ4n) is 1.46. The Hall–Kier alpha value is -0.390. The standard InChI is InChI=1S/C15H24BrO5P/c1-14(2,3)20-22(17,21-15(4,5)6)19-11-18-13-10-8-7-9-12(13)16/h7-10H,11H2,1-6H3. The number of rotatable bonds is 6. The van der Waals surface area contributed by atoms with Gasteiger partial charge in [0, 0.05) is 0 Å². The molecular formula is C15H24BrO5P. The molecule has 0 spiro atoms. The molecule has 0 N–H and O–H groups in total. The summed E-state index contributed by atoms with van der Waals surface area (Å²) >= 11 is 3.36. The van der Waals surface area contributed by atoms with Crippen LogP contribution in [0, 0.1) is 0 Å². The molecule has 0 unspecified atom stereocenters. The van der Waals surface area contributed by atoms with Gasteiger partial charge < -0.3 is 4.74 Å². The van der Waals surface area contributed by atoms with Crippen LogP contribution in [0.3, 0.4) is 0 Å². The highest BCUT2D eigenvalue weighted by Gasteiger charge is 2.37. The van der Waals surface area contributed by atoms with Gasteiger partial charge in [-0.05, 0) is 69.6 Å². The highest BCUT2D eigenvalue weighted by Crippen LogP contribution is 2.55. The second-order valence-electron chi connectivity index (χ2n) is 6.68. The Morgan fingerprint density at radius 2 is 1.50 bits per heavy atom. The summed E-state index contributed by atoms with van der Waals surface area (Å²) in [6.45, 7) is 10.4. The van der Waals surface area contributed by atoms with Gasteiger partial charge in [-0.2, -0.15) is 0 Å². The number of phosphoric acid groups is 1. The molecule has 0 radical (unpaired) electrons. The zero-order valence-electron chi connectivity index (χ0n) is 13.9. The number of hydrogen-bond donors (Lipinski definition) is 0. The molecule has 0 atom stereocenters. The number of ether oxygens (including phenoxy) is 1. The van der Waals surface area contributed by atoms with Crippen molar-refractivity contribution in [3.05, 3.63) is 28.7 Å². The largest absolute Gasteiger partial charge is 0.478 e. The summed E-state index contributed by atoms with van der Waals surface area (Å²) in [6, 6.07) is 7.31. The van der Waals surface area contributed by atoms with Crippen molar-refractivity contribution in [3.63, 3.8) is 0 Å². The molecule has 0 aliphatic rings. The van der Waals surface area contributed by atoms with E-state index in [1.54, 1.807) is 47.6 Å². The van der Waals surface area contributed by atoms with Gasteiger partial charge in [0.25, 0.3) is 0 Å². The van der Waals surface area contributed by atoms with Gasteiger partial charge in [0.2, 0.25) is 0 Å². The van der Waals surface area contributed by atoms with Crippen LogP contribution in [0.4, 0.5) is 0 Å². The third-order valence-corrected chi connectivity index (χ3v) is 4.65. The molecule has 1 rings (SSSR count). The van der Waals surface area contributed by atoms with E-state index in [1.165, 1.54) is 0 Å². The zero-order chi connectivity index (χ0) is 17.0. The van der Waals surface area contributed by atoms with Gasteiger partial charge in [-0.15, -0.1) is 0 Å². The molecule has 1 aromatic carbocycles. The molecule has 0 amide bonds. The predicted octanol–water partition coefficient (Wildman–Crippen LogP) is 5.54. The SMILES string of the molecule is CC(C)(C)OP(=O)(OCOc1ccccc1Br)OC(C)(C)C. The first kappa shape index (κ1) is 19.7. The van der Waals surface area contributed by atoms with Crippen LogP contribution in [0.1, 0.15) is 41.5 Å². The zero-order valence-corrected chi connectivity index (χ0v) is 16.4. The van der Waals surface area contributed by atoms with Crippen LogP contribution in [0.25, 0.3) is 0 Å². The van der Waals surface area contributed by atoms with E-state index in [0.717, 1.165) is 4.47 Å². The highest BCUT2D eigenvalue weighted by atomic mass is 79.9. The van der Waals surface area contributed by atoms with E-state index >= 15 is 0 Å². The van der Waals surface area contributed by atoms with E-state index in [-0.39, 0.29) is 6.79 Å². The second kappa shape index (κ2) is 7.45. The number of hydrogen-bond acceptors (Lipinski definition) is 5. The quantitative estimate of drug-likeness (QED) is 0.468. The molecule has 0 saturated heterocycles. The van der Waals surface area contributed by atoms with Crippen LogP contribution in [-0.4, -0.2) is 18.0 Å². The lowest BCUT2D eigenvalue weighted by Gasteiger charge is -2.30. The van der Waals surface area contributed by atoms with Crippen molar-refractivity contribution < 1.29 is 22.9 Å². The number of halogens is 1. The van der Waals surface area contributed by atoms with E-state index < -0.39 is 19.0 Å². The van der Waals surface area contributed by atoms with Crippen molar-refractivity contribution in [3.8, 4) is 5.75 Å². The topological polar surface area (TPSA) is 54.0 Å². The Labute approximate surface area is 141 Å². The summed E-state index contributed by atoms with van der Waals surface area (Å²) < 4.78 is 35.3. The van der Waals surface area contributed by atoms with Crippen molar-refractivity contribution in [2.24, 2.45) is 0 Å². The smallest absolute Gasteiger partial charge is 0.466 e. The van der Waals surface area contributed by atoms with Crippen LogP contribution in [0.2, 0.25) is 0 Å². The predicted molar refractivity (Wildman–Crippen MR) is 90.0 cm³/mol. The molecule has 0 aliphatic heterocycles. The molecule has 22 heavy (non-hydrogen) atoms. The third-order valence-electron chi connectivity index (χ3n) is 2.03. The molecule has 0 aliphatic carbocycles. The molecule has 1 aromatic rings. The molecule has 0 saturated carbocycles. The fraction of sp³-hybridized carbons (Fsp3) is 0.600. The number of benzene rings is 1. The van der Waals surface area contributed by atoms with Crippen molar-refractivity contribution >= 4 is 23.8 Å². The van der Waals surface area contributed by atoms with Gasteiger partial charge in [-0.1, -0.05) is 12.1 Å². The van der Waals surface area contributed by atoms with Crippen LogP contribution in [0.5, 0.6) is 5.75 Å². The van der Waals surface area contributed by atoms with Crippen LogP contribution in [0.15, 0.2) is 28.7 Å². The summed E-state index contributed by atoms with van der Waals surface area (Å²) in [7, 11) is -3.75. The molecule has 0 fully saturated rings. The van der Waals surface area contributed by atoms with Crippen LogP contribution in [-0.2, 0) is 18.1 Å². The van der Waals surface area contributed by atoms with E-state index in [4.69, 9.17) is 18.3 Å². The van der Waals surface area contributed by atoms with Gasteiger partial charge in [0.15, 0.2) is 6.79 Å². The minimum atomic E-state index is -3.75. The monoisotopic (exact) mass is 394 g/mol. The van der Waals surface area contributed by atoms with Gasteiger partial charge in [-0.3, -0.25) is 9.05 Å². The van der Waals surface area contributed by atoms with Crippen LogP contribution < -0.4 is 4.74 Å². The maximum Gasteiger partial charge on any atom is 0.478 e. The summed E-state index contributed by atoms with van der Waals surface area (Å²) in [5.41, 5.74) is -1.35. The lowest BCUT2D eigenvalue weighted by molar-refractivity contribution is -0.0190. The van der Waals surface area contributed by atoms with Gasteiger partial charge in [-0.25, -0.2) is 9.09 Å². The average Bonchev–Trinajstić information content (AvgIpc) is 2.26. The van der Waals surface area contributed by atoms with Gasteiger partial charge in [0.05, 0.1) is 15.7 Å². The van der Waals surface area contributed by atoms with E-state index in [1.807, 2.05) is 18.2 Å². The molecule has 7 heteroatoms. The first-order chi connectivity index (χ1) is 9.90. The highest BCUT2D eigenvalue weighted by molar-refractivity contribution is 9.10. The van der Waals surface area contributed by atoms with E-state index in [9.17, 15) is 4.57 Å². The lowest BCUT2D eigenvalue weighted by atomic mass is 10.2. The Kier molecular flexibility index (Phi) is 6.66. The molecular weight excluding hydrogens is 371 g/mol. The molecule has 0 bridgehead atoms. The normalized spacial score (nSPS) is 13.2. The van der Waals surface area contributed by atoms with Crippen LogP contribution >= 0.6 is 23.8 Å². The Morgan fingerprint density at radius 1 is 1.00 bits per heavy atom. The van der Waals surface area contributed by atoms with Gasteiger partial charge in [0.1, 0.15) is 5.75 Å². The fourth-order valence-corrected chi connectivity index (χ4v) is 3.52. The van der Waals surface area contributed by atoms with E-state index in [0.29, 0.717) is 5.75 Å². The number of phosphoric ester groups is 1. The van der Waals surface area contributed by atoms with Gasteiger partial charge >= 0.3 is 7.82 Å². The minimum absolute atomic E-state index is 0.244. The molecule has 0 aromatic heterocycles. The van der Waals surface area contributed by atoms with Crippen molar-refractivity contribution in [2.45, 2.75) is 52.7 Å². The third kappa shape index (κ3) is 7.75. The molecule has 0 heterocycles. The Bertz CT molecular complexity index is 513. The van der Waals surface area contributed by atoms with Crippen molar-refractivity contribution in [1.29, 1.82) is 0 Å². The minimum Gasteiger partial charge on any atom is -0.466 e. The first-order valence-electron chi connectivity index (χ1n) is 6.94. The Morgan fingerprint density at radius 3 is 1.95 bits per heavy atom. The molecule has 5 nitrogen and oxygen atoms in total. The summed E-state index contributed by atoms with van der Waals surface area (Å²) in [4.78, 5) is 0. The number of para-hydroxylation sites is 1. The van der Waals surface area contributed by atoms with E-state index in [2.05, 4.69) is 15.9 Å². The van der Waals surface area contributed by atoms with Crippen molar-refractivity contribution in [1.82, 2.24) is 0 Å². The first-order valence-corrected chi connectivity index (χ1v) is 9.19. The Balaban J connectivity index is 2.73. The maximum atomic E-state index is 12.8. The average molecular weight is 395 g/mol. The molecule has 126 valence electrons.